The maximum absolute atomic E-state index is 13.1. The Balaban J connectivity index is 2.05. The first-order chi connectivity index (χ1) is 9.97. The minimum Gasteiger partial charge on any atom is -0.478 e. The van der Waals surface area contributed by atoms with Gasteiger partial charge in [-0.1, -0.05) is 0 Å². The van der Waals surface area contributed by atoms with Crippen LogP contribution in [0.5, 0.6) is 0 Å². The van der Waals surface area contributed by atoms with E-state index in [0.29, 0.717) is 16.8 Å². The van der Waals surface area contributed by atoms with Gasteiger partial charge in [-0.3, -0.25) is 9.78 Å². The van der Waals surface area contributed by atoms with E-state index in [1.807, 2.05) is 0 Å². The molecule has 0 fully saturated rings. The first kappa shape index (κ1) is 14.6. The van der Waals surface area contributed by atoms with E-state index in [1.165, 1.54) is 36.5 Å². The molecule has 2 aromatic rings. The fourth-order valence-electron chi connectivity index (χ4n) is 1.77. The summed E-state index contributed by atoms with van der Waals surface area (Å²) in [6.45, 7) is 1.67. The summed E-state index contributed by atoms with van der Waals surface area (Å²) in [4.78, 5) is 26.7. The number of nitrogens with zero attached hydrogens (tertiary/aromatic N) is 1. The van der Waals surface area contributed by atoms with Crippen LogP contribution in [0.3, 0.4) is 0 Å². The number of aromatic carboxylic acids is 1. The molecule has 1 aromatic carbocycles. The van der Waals surface area contributed by atoms with Crippen molar-refractivity contribution in [2.24, 2.45) is 0 Å². The smallest absolute Gasteiger partial charge is 0.335 e. The van der Waals surface area contributed by atoms with Crippen molar-refractivity contribution in [3.8, 4) is 0 Å². The van der Waals surface area contributed by atoms with Gasteiger partial charge in [0.1, 0.15) is 5.82 Å². The molecule has 21 heavy (non-hydrogen) atoms. The first-order valence-corrected chi connectivity index (χ1v) is 6.20. The van der Waals surface area contributed by atoms with Gasteiger partial charge in [-0.05, 0) is 42.8 Å². The van der Waals surface area contributed by atoms with Gasteiger partial charge in [-0.25, -0.2) is 9.18 Å². The van der Waals surface area contributed by atoms with Crippen molar-refractivity contribution >= 4 is 11.9 Å². The second-order valence-corrected chi connectivity index (χ2v) is 4.49. The number of hydrogen-bond donors (Lipinski definition) is 2. The van der Waals surface area contributed by atoms with Crippen LogP contribution < -0.4 is 5.32 Å². The van der Waals surface area contributed by atoms with Gasteiger partial charge >= 0.3 is 5.97 Å². The van der Waals surface area contributed by atoms with Crippen LogP contribution >= 0.6 is 0 Å². The average molecular weight is 288 g/mol. The number of hydrogen-bond acceptors (Lipinski definition) is 3. The lowest BCUT2D eigenvalue weighted by Crippen LogP contribution is -2.23. The van der Waals surface area contributed by atoms with Gasteiger partial charge in [0.2, 0.25) is 0 Å². The fourth-order valence-corrected chi connectivity index (χ4v) is 1.77. The molecule has 0 radical (unpaired) electrons. The quantitative estimate of drug-likeness (QED) is 0.903. The third kappa shape index (κ3) is 3.62. The predicted octanol–water partition coefficient (Wildman–Crippen LogP) is 2.16. The van der Waals surface area contributed by atoms with E-state index in [4.69, 9.17) is 5.11 Å². The molecule has 0 aliphatic rings. The maximum atomic E-state index is 13.1. The van der Waals surface area contributed by atoms with Crippen LogP contribution in [0.1, 0.15) is 32.0 Å². The Labute approximate surface area is 120 Å². The number of aryl methyl sites for hydroxylation is 1. The van der Waals surface area contributed by atoms with Crippen LogP contribution in [-0.4, -0.2) is 22.0 Å². The lowest BCUT2D eigenvalue weighted by Gasteiger charge is -2.06. The number of halogens is 1. The molecule has 1 amide bonds. The molecule has 108 valence electrons. The number of rotatable bonds is 4. The number of carbonyl (C=O) groups is 2. The summed E-state index contributed by atoms with van der Waals surface area (Å²) in [5.74, 6) is -1.80. The minimum atomic E-state index is -1.06. The molecule has 0 saturated carbocycles. The molecule has 0 saturated heterocycles. The van der Waals surface area contributed by atoms with E-state index in [-0.39, 0.29) is 23.8 Å². The molecular weight excluding hydrogens is 275 g/mol. The van der Waals surface area contributed by atoms with Crippen molar-refractivity contribution in [2.75, 3.05) is 0 Å². The van der Waals surface area contributed by atoms with E-state index >= 15 is 0 Å². The van der Waals surface area contributed by atoms with Crippen molar-refractivity contribution < 1.29 is 19.1 Å². The Kier molecular flexibility index (Phi) is 4.27. The Morgan fingerprint density at radius 3 is 2.67 bits per heavy atom. The van der Waals surface area contributed by atoms with Gasteiger partial charge in [0.05, 0.1) is 17.8 Å². The van der Waals surface area contributed by atoms with Crippen LogP contribution in [0.15, 0.2) is 36.5 Å². The third-order valence-corrected chi connectivity index (χ3v) is 2.91. The number of benzene rings is 1. The van der Waals surface area contributed by atoms with Gasteiger partial charge in [0, 0.05) is 11.8 Å². The summed E-state index contributed by atoms with van der Waals surface area (Å²) < 4.78 is 13.1. The molecule has 1 heterocycles. The lowest BCUT2D eigenvalue weighted by molar-refractivity contribution is 0.0696. The largest absolute Gasteiger partial charge is 0.478 e. The first-order valence-electron chi connectivity index (χ1n) is 6.20. The van der Waals surface area contributed by atoms with Crippen molar-refractivity contribution in [1.29, 1.82) is 0 Å². The number of nitrogens with one attached hydrogen (secondary N) is 1. The molecular formula is C15H13FN2O3. The number of pyridine rings is 1. The molecule has 0 spiro atoms. The maximum Gasteiger partial charge on any atom is 0.335 e. The SMILES string of the molecule is Cc1cc(C(=O)NCc2cc(C(=O)O)ccn2)ccc1F. The summed E-state index contributed by atoms with van der Waals surface area (Å²) in [5, 5.41) is 11.5. The highest BCUT2D eigenvalue weighted by Crippen LogP contribution is 2.09. The number of carboxylic acid groups (broad SMARTS) is 1. The van der Waals surface area contributed by atoms with Gasteiger partial charge in [0.25, 0.3) is 5.91 Å². The molecule has 0 atom stereocenters. The van der Waals surface area contributed by atoms with Crippen LogP contribution in [0, 0.1) is 12.7 Å². The summed E-state index contributed by atoms with van der Waals surface area (Å²) in [6, 6.07) is 6.83. The standard InChI is InChI=1S/C15H13FN2O3/c1-9-6-10(2-3-13(9)16)14(19)18-8-12-7-11(15(20)21)4-5-17-12/h2-7H,8H2,1H3,(H,18,19)(H,20,21). The number of carboxylic acids is 1. The van der Waals surface area contributed by atoms with Crippen molar-refractivity contribution in [3.63, 3.8) is 0 Å². The number of aromatic nitrogens is 1. The zero-order valence-corrected chi connectivity index (χ0v) is 11.3. The van der Waals surface area contributed by atoms with Crippen molar-refractivity contribution in [1.82, 2.24) is 10.3 Å². The normalized spacial score (nSPS) is 10.2. The molecule has 6 heteroatoms. The highest BCUT2D eigenvalue weighted by atomic mass is 19.1. The molecule has 0 bridgehead atoms. The fraction of sp³-hybridized carbons (Fsp3) is 0.133. The second kappa shape index (κ2) is 6.13. The minimum absolute atomic E-state index is 0.0936. The highest BCUT2D eigenvalue weighted by Gasteiger charge is 2.09. The zero-order valence-electron chi connectivity index (χ0n) is 11.3. The van der Waals surface area contributed by atoms with Gasteiger partial charge in [-0.15, -0.1) is 0 Å². The van der Waals surface area contributed by atoms with Gasteiger partial charge in [0.15, 0.2) is 0 Å². The Morgan fingerprint density at radius 1 is 1.24 bits per heavy atom. The lowest BCUT2D eigenvalue weighted by atomic mass is 10.1. The molecule has 2 rings (SSSR count). The molecule has 1 aromatic heterocycles. The molecule has 0 aliphatic carbocycles. The van der Waals surface area contributed by atoms with E-state index in [2.05, 4.69) is 10.3 Å². The van der Waals surface area contributed by atoms with Crippen molar-refractivity contribution in [3.05, 3.63) is 64.7 Å². The van der Waals surface area contributed by atoms with Crippen LogP contribution in [-0.2, 0) is 6.54 Å². The van der Waals surface area contributed by atoms with E-state index in [0.717, 1.165) is 0 Å². The molecule has 5 nitrogen and oxygen atoms in total. The summed E-state index contributed by atoms with van der Waals surface area (Å²) in [7, 11) is 0. The van der Waals surface area contributed by atoms with Crippen LogP contribution in [0.25, 0.3) is 0 Å². The third-order valence-electron chi connectivity index (χ3n) is 2.91. The summed E-state index contributed by atoms with van der Waals surface area (Å²) in [6.07, 6.45) is 1.37. The van der Waals surface area contributed by atoms with Gasteiger partial charge < -0.3 is 10.4 Å². The molecule has 0 aliphatic heterocycles. The van der Waals surface area contributed by atoms with Gasteiger partial charge in [-0.2, -0.15) is 0 Å². The van der Waals surface area contributed by atoms with Crippen molar-refractivity contribution in [2.45, 2.75) is 13.5 Å². The van der Waals surface area contributed by atoms with E-state index < -0.39 is 5.97 Å². The van der Waals surface area contributed by atoms with E-state index in [1.54, 1.807) is 6.92 Å². The molecule has 2 N–H and O–H groups in total. The Morgan fingerprint density at radius 2 is 2.00 bits per heavy atom. The van der Waals surface area contributed by atoms with Crippen LogP contribution in [0.4, 0.5) is 4.39 Å². The molecule has 0 unspecified atom stereocenters. The highest BCUT2D eigenvalue weighted by molar-refractivity contribution is 5.94. The monoisotopic (exact) mass is 288 g/mol. The zero-order chi connectivity index (χ0) is 15.4. The average Bonchev–Trinajstić information content (AvgIpc) is 2.48. The van der Waals surface area contributed by atoms with Crippen LogP contribution in [0.2, 0.25) is 0 Å². The van der Waals surface area contributed by atoms with E-state index in [9.17, 15) is 14.0 Å². The Bertz CT molecular complexity index is 701. The summed E-state index contributed by atoms with van der Waals surface area (Å²) in [5.41, 5.74) is 1.26. The predicted molar refractivity (Wildman–Crippen MR) is 73.5 cm³/mol. The second-order valence-electron chi connectivity index (χ2n) is 4.49. The number of amides is 1. The Hall–Kier alpha value is -2.76. The summed E-state index contributed by atoms with van der Waals surface area (Å²) >= 11 is 0. The topological polar surface area (TPSA) is 79.3 Å². The number of carbonyl (C=O) groups excluding carboxylic acids is 1.